The maximum Gasteiger partial charge on any atom is 0.321 e. The van der Waals surface area contributed by atoms with E-state index >= 15 is 0 Å². The molecule has 7 nitrogen and oxygen atoms in total. The second-order valence-corrected chi connectivity index (χ2v) is 4.06. The van der Waals surface area contributed by atoms with Gasteiger partial charge in [0, 0.05) is 13.1 Å². The van der Waals surface area contributed by atoms with E-state index in [0.717, 1.165) is 0 Å². The lowest BCUT2D eigenvalue weighted by atomic mass is 10.2. The zero-order valence-electron chi connectivity index (χ0n) is 12.0. The van der Waals surface area contributed by atoms with Crippen LogP contribution in [0.25, 0.3) is 0 Å². The first kappa shape index (κ1) is 17.4. The Bertz CT molecular complexity index is 320. The van der Waals surface area contributed by atoms with Crippen molar-refractivity contribution >= 4 is 17.9 Å². The van der Waals surface area contributed by atoms with Crippen molar-refractivity contribution in [3.63, 3.8) is 0 Å². The molecule has 1 atom stereocenters. The summed E-state index contributed by atoms with van der Waals surface area (Å²) in [4.78, 5) is 35.8. The van der Waals surface area contributed by atoms with Crippen molar-refractivity contribution in [2.24, 2.45) is 0 Å². The number of nitrogens with one attached hydrogen (secondary N) is 2. The Kier molecular flexibility index (Phi) is 8.52. The Morgan fingerprint density at radius 3 is 2.42 bits per heavy atom. The zero-order chi connectivity index (χ0) is 14.8. The molecule has 0 bridgehead atoms. The van der Waals surface area contributed by atoms with E-state index in [1.165, 1.54) is 0 Å². The minimum Gasteiger partial charge on any atom is -0.466 e. The molecule has 19 heavy (non-hydrogen) atoms. The van der Waals surface area contributed by atoms with E-state index in [2.05, 4.69) is 10.6 Å². The lowest BCUT2D eigenvalue weighted by Crippen LogP contribution is -2.48. The van der Waals surface area contributed by atoms with Gasteiger partial charge in [-0.3, -0.25) is 19.8 Å². The van der Waals surface area contributed by atoms with Crippen LogP contribution in [0.2, 0.25) is 0 Å². The second kappa shape index (κ2) is 9.32. The molecular formula is C12H23N3O4. The summed E-state index contributed by atoms with van der Waals surface area (Å²) in [6.07, 6.45) is 0.211. The molecule has 0 aliphatic heterocycles. The smallest absolute Gasteiger partial charge is 0.321 e. The third kappa shape index (κ3) is 7.40. The summed E-state index contributed by atoms with van der Waals surface area (Å²) in [5.74, 6) is -0.706. The van der Waals surface area contributed by atoms with E-state index < -0.39 is 18.0 Å². The summed E-state index contributed by atoms with van der Waals surface area (Å²) in [7, 11) is 1.71. The van der Waals surface area contributed by atoms with Crippen molar-refractivity contribution in [1.82, 2.24) is 15.5 Å². The number of carbonyl (C=O) groups excluding carboxylic acids is 3. The van der Waals surface area contributed by atoms with E-state index in [4.69, 9.17) is 4.74 Å². The molecule has 0 aliphatic rings. The van der Waals surface area contributed by atoms with E-state index in [0.29, 0.717) is 19.7 Å². The average Bonchev–Trinajstić information content (AvgIpc) is 2.35. The van der Waals surface area contributed by atoms with Gasteiger partial charge in [-0.1, -0.05) is 0 Å². The fraction of sp³-hybridized carbons (Fsp3) is 0.750. The first-order valence-electron chi connectivity index (χ1n) is 6.36. The number of rotatable bonds is 7. The van der Waals surface area contributed by atoms with Crippen LogP contribution >= 0.6 is 0 Å². The van der Waals surface area contributed by atoms with Crippen LogP contribution in [0, 0.1) is 0 Å². The molecule has 7 heteroatoms. The fourth-order valence-electron chi connectivity index (χ4n) is 1.32. The number of ether oxygens (including phenoxy) is 1. The SMILES string of the molecule is CCNC(=O)NC(=O)C(C)N(C)CCC(=O)OCC. The molecule has 0 aromatic rings. The molecule has 0 rings (SSSR count). The first-order valence-corrected chi connectivity index (χ1v) is 6.36. The van der Waals surface area contributed by atoms with Gasteiger partial charge in [0.1, 0.15) is 0 Å². The summed E-state index contributed by atoms with van der Waals surface area (Å²) in [5.41, 5.74) is 0. The van der Waals surface area contributed by atoms with Crippen LogP contribution in [0.1, 0.15) is 27.2 Å². The van der Waals surface area contributed by atoms with Gasteiger partial charge in [0.2, 0.25) is 5.91 Å². The number of nitrogens with zero attached hydrogens (tertiary/aromatic N) is 1. The van der Waals surface area contributed by atoms with Gasteiger partial charge in [-0.05, 0) is 27.8 Å². The van der Waals surface area contributed by atoms with Gasteiger partial charge >= 0.3 is 12.0 Å². The molecule has 0 aromatic carbocycles. The van der Waals surface area contributed by atoms with Crippen molar-refractivity contribution in [3.05, 3.63) is 0 Å². The largest absolute Gasteiger partial charge is 0.466 e. The lowest BCUT2D eigenvalue weighted by Gasteiger charge is -2.23. The molecule has 0 radical (unpaired) electrons. The maximum absolute atomic E-state index is 11.7. The third-order valence-corrected chi connectivity index (χ3v) is 2.59. The van der Waals surface area contributed by atoms with E-state index in [1.54, 1.807) is 32.7 Å². The molecule has 110 valence electrons. The van der Waals surface area contributed by atoms with Crippen LogP contribution < -0.4 is 10.6 Å². The number of carbonyl (C=O) groups is 3. The van der Waals surface area contributed by atoms with Crippen LogP contribution in [0.15, 0.2) is 0 Å². The number of amides is 3. The molecule has 0 fully saturated rings. The maximum atomic E-state index is 11.7. The lowest BCUT2D eigenvalue weighted by molar-refractivity contribution is -0.143. The normalized spacial score (nSPS) is 11.8. The summed E-state index contributed by atoms with van der Waals surface area (Å²) in [5, 5.41) is 4.70. The van der Waals surface area contributed by atoms with Gasteiger partial charge < -0.3 is 10.1 Å². The number of imide groups is 1. The van der Waals surface area contributed by atoms with Gasteiger partial charge in [0.25, 0.3) is 0 Å². The van der Waals surface area contributed by atoms with Crippen LogP contribution in [-0.4, -0.2) is 55.6 Å². The summed E-state index contributed by atoms with van der Waals surface area (Å²) in [6, 6.07) is -1.02. The molecule has 0 saturated heterocycles. The molecule has 0 spiro atoms. The van der Waals surface area contributed by atoms with Crippen LogP contribution in [-0.2, 0) is 14.3 Å². The van der Waals surface area contributed by atoms with E-state index in [9.17, 15) is 14.4 Å². The van der Waals surface area contributed by atoms with Crippen molar-refractivity contribution in [3.8, 4) is 0 Å². The van der Waals surface area contributed by atoms with Gasteiger partial charge in [-0.2, -0.15) is 0 Å². The second-order valence-electron chi connectivity index (χ2n) is 4.06. The average molecular weight is 273 g/mol. The molecule has 0 saturated carbocycles. The zero-order valence-corrected chi connectivity index (χ0v) is 12.0. The molecule has 0 aliphatic carbocycles. The van der Waals surface area contributed by atoms with Gasteiger partial charge in [0.15, 0.2) is 0 Å². The molecule has 1 unspecified atom stereocenters. The highest BCUT2D eigenvalue weighted by molar-refractivity contribution is 5.96. The summed E-state index contributed by atoms with van der Waals surface area (Å²) < 4.78 is 4.80. The van der Waals surface area contributed by atoms with Crippen molar-refractivity contribution in [2.75, 3.05) is 26.7 Å². The highest BCUT2D eigenvalue weighted by Crippen LogP contribution is 1.98. The van der Waals surface area contributed by atoms with Crippen molar-refractivity contribution in [1.29, 1.82) is 0 Å². The summed E-state index contributed by atoms with van der Waals surface area (Å²) >= 11 is 0. The topological polar surface area (TPSA) is 87.7 Å². The van der Waals surface area contributed by atoms with E-state index in [1.807, 2.05) is 0 Å². The Morgan fingerprint density at radius 1 is 1.26 bits per heavy atom. The minimum absolute atomic E-state index is 0.211. The van der Waals surface area contributed by atoms with Gasteiger partial charge in [-0.25, -0.2) is 4.79 Å². The van der Waals surface area contributed by atoms with Gasteiger partial charge in [0.05, 0.1) is 19.1 Å². The molecule has 2 N–H and O–H groups in total. The van der Waals surface area contributed by atoms with Crippen LogP contribution in [0.4, 0.5) is 4.79 Å². The number of likely N-dealkylation sites (N-methyl/N-ethyl adjacent to an activating group) is 1. The quantitative estimate of drug-likeness (QED) is 0.643. The Morgan fingerprint density at radius 2 is 1.89 bits per heavy atom. The first-order chi connectivity index (χ1) is 8.92. The minimum atomic E-state index is -0.516. The molecule has 0 heterocycles. The predicted octanol–water partition coefficient (Wildman–Crippen LogP) is 0.106. The van der Waals surface area contributed by atoms with Crippen LogP contribution in [0.5, 0.6) is 0 Å². The standard InChI is InChI=1S/C12H23N3O4/c1-5-13-12(18)14-11(17)9(3)15(4)8-7-10(16)19-6-2/h9H,5-8H2,1-4H3,(H2,13,14,17,18). The molecule has 0 aromatic heterocycles. The van der Waals surface area contributed by atoms with Gasteiger partial charge in [-0.15, -0.1) is 0 Å². The third-order valence-electron chi connectivity index (χ3n) is 2.59. The number of hydrogen-bond acceptors (Lipinski definition) is 5. The number of esters is 1. The highest BCUT2D eigenvalue weighted by Gasteiger charge is 2.20. The van der Waals surface area contributed by atoms with E-state index in [-0.39, 0.29) is 12.4 Å². The summed E-state index contributed by atoms with van der Waals surface area (Å²) in [6.45, 7) is 6.35. The number of urea groups is 1. The predicted molar refractivity (Wildman–Crippen MR) is 70.6 cm³/mol. The number of hydrogen-bond donors (Lipinski definition) is 2. The molecular weight excluding hydrogens is 250 g/mol. The Labute approximate surface area is 113 Å². The Balaban J connectivity index is 4.10. The fourth-order valence-corrected chi connectivity index (χ4v) is 1.32. The highest BCUT2D eigenvalue weighted by atomic mass is 16.5. The monoisotopic (exact) mass is 273 g/mol. The van der Waals surface area contributed by atoms with Crippen molar-refractivity contribution in [2.45, 2.75) is 33.2 Å². The van der Waals surface area contributed by atoms with Crippen LogP contribution in [0.3, 0.4) is 0 Å². The molecule has 3 amide bonds. The Hall–Kier alpha value is -1.63. The van der Waals surface area contributed by atoms with Crippen molar-refractivity contribution < 1.29 is 19.1 Å².